The molecule has 0 unspecified atom stereocenters. The second kappa shape index (κ2) is 5.66. The zero-order valence-corrected chi connectivity index (χ0v) is 13.4. The van der Waals surface area contributed by atoms with Gasteiger partial charge in [-0.2, -0.15) is 5.26 Å². The second-order valence-corrected chi connectivity index (χ2v) is 6.58. The van der Waals surface area contributed by atoms with Crippen LogP contribution in [-0.4, -0.2) is 40.5 Å². The van der Waals surface area contributed by atoms with E-state index >= 15 is 0 Å². The minimum absolute atomic E-state index is 0.138. The number of nitrogens with zero attached hydrogens (tertiary/aromatic N) is 4. The van der Waals surface area contributed by atoms with E-state index in [0.29, 0.717) is 5.69 Å². The number of alkyl halides is 2. The Labute approximate surface area is 143 Å². The molecule has 7 heteroatoms. The third-order valence-electron chi connectivity index (χ3n) is 5.01. The van der Waals surface area contributed by atoms with Crippen molar-refractivity contribution in [3.63, 3.8) is 0 Å². The molecule has 1 saturated heterocycles. The van der Waals surface area contributed by atoms with Gasteiger partial charge in [0.1, 0.15) is 6.04 Å². The molecule has 0 N–H and O–H groups in total. The highest BCUT2D eigenvalue weighted by Crippen LogP contribution is 2.40. The van der Waals surface area contributed by atoms with Gasteiger partial charge in [0.15, 0.2) is 0 Å². The van der Waals surface area contributed by atoms with Crippen molar-refractivity contribution >= 4 is 22.5 Å². The van der Waals surface area contributed by atoms with Gasteiger partial charge >= 0.3 is 6.03 Å². The number of carbonyl (C=O) groups excluding carboxylic acids is 1. The molecule has 2 fully saturated rings. The largest absolute Gasteiger partial charge is 0.326 e. The molecule has 25 heavy (non-hydrogen) atoms. The summed E-state index contributed by atoms with van der Waals surface area (Å²) in [5.41, 5.74) is 0.543. The number of halogens is 2. The lowest BCUT2D eigenvalue weighted by atomic mass is 10.1. The van der Waals surface area contributed by atoms with E-state index in [4.69, 9.17) is 0 Å². The van der Waals surface area contributed by atoms with Gasteiger partial charge in [-0.25, -0.2) is 13.6 Å². The third kappa shape index (κ3) is 2.58. The van der Waals surface area contributed by atoms with Crippen molar-refractivity contribution in [1.29, 1.82) is 5.26 Å². The SMILES string of the molecule is N#C[C@H]1CN([C@@H]2CCC(F)(F)C2)C(=O)N1c1cncc2ccccc12. The molecule has 0 radical (unpaired) electrons. The van der Waals surface area contributed by atoms with E-state index < -0.39 is 24.0 Å². The van der Waals surface area contributed by atoms with Crippen LogP contribution in [0, 0.1) is 11.3 Å². The van der Waals surface area contributed by atoms with Gasteiger partial charge in [0.2, 0.25) is 5.92 Å². The van der Waals surface area contributed by atoms with Crippen LogP contribution in [0.5, 0.6) is 0 Å². The maximum atomic E-state index is 13.6. The summed E-state index contributed by atoms with van der Waals surface area (Å²) in [5.74, 6) is -2.73. The quantitative estimate of drug-likeness (QED) is 0.838. The summed E-state index contributed by atoms with van der Waals surface area (Å²) < 4.78 is 27.1. The number of urea groups is 1. The number of nitriles is 1. The molecular weight excluding hydrogens is 326 g/mol. The fourth-order valence-corrected chi connectivity index (χ4v) is 3.78. The first-order valence-corrected chi connectivity index (χ1v) is 8.20. The molecule has 0 spiro atoms. The van der Waals surface area contributed by atoms with Crippen LogP contribution in [0.3, 0.4) is 0 Å². The van der Waals surface area contributed by atoms with Gasteiger partial charge in [-0.05, 0) is 6.42 Å². The zero-order valence-electron chi connectivity index (χ0n) is 13.4. The van der Waals surface area contributed by atoms with Crippen molar-refractivity contribution in [2.75, 3.05) is 11.4 Å². The summed E-state index contributed by atoms with van der Waals surface area (Å²) in [7, 11) is 0. The van der Waals surface area contributed by atoms with Gasteiger partial charge in [0.25, 0.3) is 0 Å². The average molecular weight is 342 g/mol. The predicted octanol–water partition coefficient (Wildman–Crippen LogP) is 3.56. The van der Waals surface area contributed by atoms with Crippen LogP contribution in [0.4, 0.5) is 19.3 Å². The summed E-state index contributed by atoms with van der Waals surface area (Å²) >= 11 is 0. The fourth-order valence-electron chi connectivity index (χ4n) is 3.78. The maximum absolute atomic E-state index is 13.6. The van der Waals surface area contributed by atoms with Gasteiger partial charge in [0, 0.05) is 35.9 Å². The number of fused-ring (bicyclic) bond motifs is 1. The van der Waals surface area contributed by atoms with Crippen molar-refractivity contribution < 1.29 is 13.6 Å². The van der Waals surface area contributed by atoms with Crippen LogP contribution >= 0.6 is 0 Å². The Kier molecular flexibility index (Phi) is 3.57. The Morgan fingerprint density at radius 3 is 2.80 bits per heavy atom. The molecule has 128 valence electrons. The van der Waals surface area contributed by atoms with E-state index in [-0.39, 0.29) is 25.8 Å². The predicted molar refractivity (Wildman–Crippen MR) is 88.3 cm³/mol. The van der Waals surface area contributed by atoms with Gasteiger partial charge in [-0.1, -0.05) is 24.3 Å². The number of hydrogen-bond acceptors (Lipinski definition) is 3. The van der Waals surface area contributed by atoms with Gasteiger partial charge in [-0.3, -0.25) is 9.88 Å². The van der Waals surface area contributed by atoms with Gasteiger partial charge in [0.05, 0.1) is 24.5 Å². The Hall–Kier alpha value is -2.75. The first-order valence-electron chi connectivity index (χ1n) is 8.20. The Morgan fingerprint density at radius 1 is 1.28 bits per heavy atom. The van der Waals surface area contributed by atoms with Crippen molar-refractivity contribution in [3.8, 4) is 6.07 Å². The van der Waals surface area contributed by atoms with Crippen LogP contribution in [0.2, 0.25) is 0 Å². The summed E-state index contributed by atoms with van der Waals surface area (Å²) in [6.45, 7) is 0.138. The molecule has 2 atom stereocenters. The summed E-state index contributed by atoms with van der Waals surface area (Å²) in [6.07, 6.45) is 2.96. The molecular formula is C18H16F2N4O. The molecule has 2 heterocycles. The zero-order chi connectivity index (χ0) is 17.6. The van der Waals surface area contributed by atoms with Crippen molar-refractivity contribution in [1.82, 2.24) is 9.88 Å². The maximum Gasteiger partial charge on any atom is 0.326 e. The molecule has 5 nitrogen and oxygen atoms in total. The minimum Gasteiger partial charge on any atom is -0.318 e. The molecule has 1 aromatic heterocycles. The standard InChI is InChI=1S/C18H16F2N4O/c19-18(20)6-5-13(7-18)23-11-14(8-21)24(17(23)25)16-10-22-9-12-3-1-2-4-15(12)16/h1-4,9-10,13-14H,5-7,11H2/t13-,14+/m1/s1. The topological polar surface area (TPSA) is 60.2 Å². The molecule has 1 saturated carbocycles. The molecule has 0 bridgehead atoms. The normalized spacial score (nSPS) is 25.6. The Balaban J connectivity index is 1.72. The molecule has 2 aliphatic rings. The summed E-state index contributed by atoms with van der Waals surface area (Å²) in [4.78, 5) is 19.9. The van der Waals surface area contributed by atoms with Gasteiger partial charge in [-0.15, -0.1) is 0 Å². The number of benzene rings is 1. The second-order valence-electron chi connectivity index (χ2n) is 6.58. The fraction of sp³-hybridized carbons (Fsp3) is 0.389. The van der Waals surface area contributed by atoms with E-state index in [1.165, 1.54) is 9.80 Å². The molecule has 1 aliphatic heterocycles. The van der Waals surface area contributed by atoms with Crippen LogP contribution < -0.4 is 4.90 Å². The molecule has 4 rings (SSSR count). The number of aromatic nitrogens is 1. The van der Waals surface area contributed by atoms with Crippen LogP contribution in [0.1, 0.15) is 19.3 Å². The highest BCUT2D eigenvalue weighted by molar-refractivity contribution is 6.04. The lowest BCUT2D eigenvalue weighted by Crippen LogP contribution is -2.39. The number of rotatable bonds is 2. The highest BCUT2D eigenvalue weighted by atomic mass is 19.3. The van der Waals surface area contributed by atoms with Crippen LogP contribution in [0.25, 0.3) is 10.8 Å². The first kappa shape index (κ1) is 15.8. The number of carbonyl (C=O) groups is 1. The van der Waals surface area contributed by atoms with Crippen molar-refractivity contribution in [2.45, 2.75) is 37.3 Å². The van der Waals surface area contributed by atoms with Crippen molar-refractivity contribution in [2.24, 2.45) is 0 Å². The summed E-state index contributed by atoms with van der Waals surface area (Å²) in [6, 6.07) is 7.96. The minimum atomic E-state index is -2.73. The molecule has 2 aromatic rings. The number of amides is 2. The van der Waals surface area contributed by atoms with E-state index in [2.05, 4.69) is 11.1 Å². The third-order valence-corrected chi connectivity index (χ3v) is 5.01. The van der Waals surface area contributed by atoms with E-state index in [0.717, 1.165) is 10.8 Å². The lowest BCUT2D eigenvalue weighted by molar-refractivity contribution is 0.00359. The number of pyridine rings is 1. The number of anilines is 1. The number of hydrogen-bond donors (Lipinski definition) is 0. The van der Waals surface area contributed by atoms with E-state index in [9.17, 15) is 18.8 Å². The van der Waals surface area contributed by atoms with Crippen molar-refractivity contribution in [3.05, 3.63) is 36.7 Å². The average Bonchev–Trinajstić information content (AvgIpc) is 3.13. The van der Waals surface area contributed by atoms with Crippen LogP contribution in [-0.2, 0) is 0 Å². The van der Waals surface area contributed by atoms with Crippen LogP contribution in [0.15, 0.2) is 36.7 Å². The van der Waals surface area contributed by atoms with E-state index in [1.54, 1.807) is 12.4 Å². The lowest BCUT2D eigenvalue weighted by Gasteiger charge is -2.24. The molecule has 1 aromatic carbocycles. The molecule has 2 amide bonds. The monoisotopic (exact) mass is 342 g/mol. The Bertz CT molecular complexity index is 874. The smallest absolute Gasteiger partial charge is 0.318 e. The highest BCUT2D eigenvalue weighted by Gasteiger charge is 2.48. The van der Waals surface area contributed by atoms with Gasteiger partial charge < -0.3 is 4.90 Å². The Morgan fingerprint density at radius 2 is 2.08 bits per heavy atom. The summed E-state index contributed by atoms with van der Waals surface area (Å²) in [5, 5.41) is 11.2. The van der Waals surface area contributed by atoms with E-state index in [1.807, 2.05) is 24.3 Å². The molecule has 1 aliphatic carbocycles. The first-order chi connectivity index (χ1) is 12.0.